The van der Waals surface area contributed by atoms with Crippen LogP contribution >= 0.6 is 0 Å². The van der Waals surface area contributed by atoms with Gasteiger partial charge in [0.15, 0.2) is 11.7 Å². The number of hydrogen-bond donors (Lipinski definition) is 0. The van der Waals surface area contributed by atoms with Crippen LogP contribution in [0.1, 0.15) is 49.1 Å². The van der Waals surface area contributed by atoms with E-state index >= 15 is 0 Å². The second-order valence-electron chi connectivity index (χ2n) is 9.34. The Morgan fingerprint density at radius 1 is 0.562 bits per heavy atom. The first-order valence-corrected chi connectivity index (χ1v) is 11.5. The lowest BCUT2D eigenvalue weighted by Gasteiger charge is -2.62. The molecule has 32 heavy (non-hydrogen) atoms. The van der Waals surface area contributed by atoms with Crippen LogP contribution in [0.15, 0.2) is 121 Å². The van der Waals surface area contributed by atoms with Crippen LogP contribution in [-0.4, -0.2) is 5.60 Å². The fraction of sp³-hybridized carbons (Fsp3) is 0.226. The van der Waals surface area contributed by atoms with Gasteiger partial charge in [0.25, 0.3) is 0 Å². The lowest BCUT2D eigenvalue weighted by molar-refractivity contribution is -0.453. The summed E-state index contributed by atoms with van der Waals surface area (Å²) in [6, 6.07) is 43.8. The molecule has 5 rings (SSSR count). The van der Waals surface area contributed by atoms with E-state index in [1.54, 1.807) is 0 Å². The second kappa shape index (κ2) is 8.07. The fourth-order valence-electron chi connectivity index (χ4n) is 5.58. The number of benzene rings is 4. The molecule has 1 saturated heterocycles. The molecule has 4 aromatic rings. The molecule has 4 aromatic carbocycles. The van der Waals surface area contributed by atoms with Crippen molar-refractivity contribution in [3.8, 4) is 0 Å². The van der Waals surface area contributed by atoms with Crippen molar-refractivity contribution in [1.29, 1.82) is 0 Å². The molecular formula is C31H31O+. The topological polar surface area (TPSA) is 2.70 Å². The summed E-state index contributed by atoms with van der Waals surface area (Å²) in [5.41, 5.74) is 4.58. The van der Waals surface area contributed by atoms with E-state index < -0.39 is 5.60 Å². The SMILES string of the molecule is CC1C(c2ccccc2)[O+](C(c2ccccc2)(c2ccccc2)c2ccccc2)C1(C)C. The van der Waals surface area contributed by atoms with Crippen molar-refractivity contribution in [2.45, 2.75) is 38.1 Å². The minimum Gasteiger partial charge on any atom is -0.396 e. The largest absolute Gasteiger partial charge is 0.396 e. The van der Waals surface area contributed by atoms with Crippen molar-refractivity contribution in [2.24, 2.45) is 5.92 Å². The summed E-state index contributed by atoms with van der Waals surface area (Å²) in [6.45, 7) is 7.11. The van der Waals surface area contributed by atoms with Gasteiger partial charge in [-0.2, -0.15) is 0 Å². The van der Waals surface area contributed by atoms with E-state index in [1.165, 1.54) is 22.3 Å². The molecule has 0 amide bonds. The first-order chi connectivity index (χ1) is 15.6. The van der Waals surface area contributed by atoms with E-state index in [-0.39, 0.29) is 11.7 Å². The molecule has 0 spiro atoms. The Balaban J connectivity index is 1.86. The van der Waals surface area contributed by atoms with Gasteiger partial charge < -0.3 is 4.37 Å². The van der Waals surface area contributed by atoms with Crippen LogP contribution in [0.4, 0.5) is 0 Å². The molecule has 1 aliphatic rings. The molecular weight excluding hydrogens is 388 g/mol. The van der Waals surface area contributed by atoms with Crippen LogP contribution in [0.2, 0.25) is 0 Å². The number of hydrogen-bond acceptors (Lipinski definition) is 0. The minimum atomic E-state index is -0.486. The van der Waals surface area contributed by atoms with Crippen LogP contribution in [0.5, 0.6) is 0 Å². The Morgan fingerprint density at radius 3 is 1.28 bits per heavy atom. The highest BCUT2D eigenvalue weighted by molar-refractivity contribution is 5.49. The van der Waals surface area contributed by atoms with Crippen molar-refractivity contribution in [3.63, 3.8) is 0 Å². The molecule has 0 saturated carbocycles. The van der Waals surface area contributed by atoms with Gasteiger partial charge in [-0.15, -0.1) is 0 Å². The van der Waals surface area contributed by atoms with E-state index in [4.69, 9.17) is 0 Å². The van der Waals surface area contributed by atoms with Gasteiger partial charge in [0, 0.05) is 36.1 Å². The van der Waals surface area contributed by atoms with Gasteiger partial charge in [-0.3, -0.25) is 0 Å². The van der Waals surface area contributed by atoms with E-state index in [1.807, 2.05) is 0 Å². The summed E-state index contributed by atoms with van der Waals surface area (Å²) in [5, 5.41) is 0. The zero-order valence-corrected chi connectivity index (χ0v) is 19.1. The summed E-state index contributed by atoms with van der Waals surface area (Å²) in [7, 11) is 0. The van der Waals surface area contributed by atoms with E-state index in [0.717, 1.165) is 0 Å². The quantitative estimate of drug-likeness (QED) is 0.230. The summed E-state index contributed by atoms with van der Waals surface area (Å²) in [6.07, 6.45) is 0.229. The van der Waals surface area contributed by atoms with Crippen LogP contribution in [0.3, 0.4) is 0 Å². The smallest absolute Gasteiger partial charge is 0.245 e. The summed E-state index contributed by atoms with van der Waals surface area (Å²) < 4.78 is 3.94. The van der Waals surface area contributed by atoms with Crippen LogP contribution in [0.25, 0.3) is 0 Å². The van der Waals surface area contributed by atoms with Crippen molar-refractivity contribution in [1.82, 2.24) is 0 Å². The first kappa shape index (κ1) is 20.7. The van der Waals surface area contributed by atoms with Crippen molar-refractivity contribution >= 4 is 0 Å². The summed E-state index contributed by atoms with van der Waals surface area (Å²) in [4.78, 5) is 0. The van der Waals surface area contributed by atoms with Crippen molar-refractivity contribution in [2.75, 3.05) is 0 Å². The first-order valence-electron chi connectivity index (χ1n) is 11.5. The van der Waals surface area contributed by atoms with E-state index in [9.17, 15) is 0 Å². The molecule has 1 nitrogen and oxygen atoms in total. The fourth-order valence-corrected chi connectivity index (χ4v) is 5.58. The van der Waals surface area contributed by atoms with Crippen molar-refractivity contribution in [3.05, 3.63) is 144 Å². The minimum absolute atomic E-state index is 0.0813. The van der Waals surface area contributed by atoms with Crippen LogP contribution < -0.4 is 0 Å². The van der Waals surface area contributed by atoms with Crippen LogP contribution in [0, 0.1) is 5.92 Å². The molecule has 0 N–H and O–H groups in total. The molecule has 1 heterocycles. The maximum absolute atomic E-state index is 3.94. The molecule has 0 bridgehead atoms. The van der Waals surface area contributed by atoms with E-state index in [2.05, 4.69) is 146 Å². The Hall–Kier alpha value is -3.16. The lowest BCUT2D eigenvalue weighted by Crippen LogP contribution is -2.66. The molecule has 1 heteroatoms. The average Bonchev–Trinajstić information content (AvgIpc) is 2.86. The predicted octanol–water partition coefficient (Wildman–Crippen LogP) is 7.70. The van der Waals surface area contributed by atoms with Gasteiger partial charge in [0.2, 0.25) is 5.60 Å². The van der Waals surface area contributed by atoms with Gasteiger partial charge in [0.1, 0.15) is 5.92 Å². The third kappa shape index (κ3) is 3.04. The molecule has 0 radical (unpaired) electrons. The van der Waals surface area contributed by atoms with Gasteiger partial charge in [-0.25, -0.2) is 0 Å². The second-order valence-corrected chi connectivity index (χ2v) is 9.34. The average molecular weight is 420 g/mol. The molecule has 1 aliphatic heterocycles. The molecule has 0 aromatic heterocycles. The van der Waals surface area contributed by atoms with Gasteiger partial charge in [-0.05, 0) is 43.3 Å². The zero-order valence-electron chi connectivity index (χ0n) is 19.1. The highest BCUT2D eigenvalue weighted by Crippen LogP contribution is 2.64. The van der Waals surface area contributed by atoms with Gasteiger partial charge in [-0.1, -0.05) is 84.9 Å². The highest BCUT2D eigenvalue weighted by atomic mass is 16.8. The van der Waals surface area contributed by atoms with Crippen LogP contribution in [-0.2, 0) is 9.97 Å². The lowest BCUT2D eigenvalue weighted by atomic mass is 9.70. The zero-order chi connectivity index (χ0) is 22.2. The maximum atomic E-state index is 3.94. The molecule has 2 unspecified atom stereocenters. The van der Waals surface area contributed by atoms with Gasteiger partial charge in [0.05, 0.1) is 0 Å². The predicted molar refractivity (Wildman–Crippen MR) is 133 cm³/mol. The highest BCUT2D eigenvalue weighted by Gasteiger charge is 2.69. The third-order valence-corrected chi connectivity index (χ3v) is 7.37. The van der Waals surface area contributed by atoms with Crippen molar-refractivity contribution < 1.29 is 4.37 Å². The molecule has 160 valence electrons. The molecule has 0 aliphatic carbocycles. The van der Waals surface area contributed by atoms with Gasteiger partial charge >= 0.3 is 0 Å². The Morgan fingerprint density at radius 2 is 0.906 bits per heavy atom. The Labute approximate surface area is 192 Å². The standard InChI is InChI=1S/C31H31O/c1-24-29(25-16-8-4-9-17-25)32(30(24,2)3)31(26-18-10-5-11-19-26,27-20-12-6-13-21-27)28-22-14-7-15-23-28/h4-24,29H,1-3H3/q+1. The molecule has 1 fully saturated rings. The maximum Gasteiger partial charge on any atom is 0.245 e. The Bertz CT molecular complexity index is 1050. The number of rotatable bonds is 5. The summed E-state index contributed by atoms with van der Waals surface area (Å²) in [5.74, 6) is 0.477. The monoisotopic (exact) mass is 419 g/mol. The van der Waals surface area contributed by atoms with E-state index in [0.29, 0.717) is 5.92 Å². The molecule has 2 atom stereocenters. The third-order valence-electron chi connectivity index (χ3n) is 7.37. The Kier molecular flexibility index (Phi) is 5.23. The summed E-state index contributed by atoms with van der Waals surface area (Å²) >= 11 is 0. The normalized spacial score (nSPS) is 20.5.